The number of hydrazine groups is 1. The number of aliphatic hydroxyl groups is 1. The van der Waals surface area contributed by atoms with E-state index in [1.54, 1.807) is 10.9 Å². The molecule has 1 rings (SSSR count). The van der Waals surface area contributed by atoms with E-state index in [9.17, 15) is 4.79 Å². The van der Waals surface area contributed by atoms with Gasteiger partial charge in [0.25, 0.3) is 5.91 Å². The van der Waals surface area contributed by atoms with E-state index in [1.807, 2.05) is 5.43 Å². The Bertz CT molecular complexity index is 392. The number of hydrogen-bond acceptors (Lipinski definition) is 6. The maximum Gasteiger partial charge on any atom is 0.287 e. The third-order valence-corrected chi connectivity index (χ3v) is 2.85. The minimum atomic E-state index is -0.452. The molecule has 0 aliphatic rings. The molecular formula is C11H22N6O2. The number of nitrogen functional groups attached to an aromatic ring is 1. The van der Waals surface area contributed by atoms with Crippen molar-refractivity contribution in [1.29, 1.82) is 0 Å². The van der Waals surface area contributed by atoms with Crippen LogP contribution < -0.4 is 11.3 Å². The van der Waals surface area contributed by atoms with E-state index >= 15 is 0 Å². The summed E-state index contributed by atoms with van der Waals surface area (Å²) in [7, 11) is 0. The standard InChI is InChI=1S/C11H22N6O2/c1-9(2)16(4-3-7-18)5-6-17-8-10(14-15-17)11(19)13-12/h8-9,18H,3-7,12H2,1-2H3,(H,13,19). The second kappa shape index (κ2) is 7.82. The summed E-state index contributed by atoms with van der Waals surface area (Å²) in [6, 6.07) is 0.391. The molecule has 0 atom stereocenters. The molecule has 1 amide bonds. The van der Waals surface area contributed by atoms with Crippen LogP contribution in [-0.4, -0.2) is 56.6 Å². The average Bonchev–Trinajstić information content (AvgIpc) is 2.86. The molecule has 1 aromatic heterocycles. The number of nitrogens with two attached hydrogens (primary N) is 1. The molecule has 19 heavy (non-hydrogen) atoms. The number of carbonyl (C=O) groups is 1. The van der Waals surface area contributed by atoms with Crippen LogP contribution in [0.4, 0.5) is 0 Å². The van der Waals surface area contributed by atoms with E-state index < -0.39 is 5.91 Å². The summed E-state index contributed by atoms with van der Waals surface area (Å²) in [4.78, 5) is 13.5. The van der Waals surface area contributed by atoms with Crippen molar-refractivity contribution in [2.45, 2.75) is 32.9 Å². The van der Waals surface area contributed by atoms with Gasteiger partial charge in [-0.1, -0.05) is 5.21 Å². The van der Waals surface area contributed by atoms with Gasteiger partial charge < -0.3 is 5.11 Å². The zero-order valence-electron chi connectivity index (χ0n) is 11.4. The highest BCUT2D eigenvalue weighted by molar-refractivity contribution is 5.91. The molecule has 0 saturated carbocycles. The third-order valence-electron chi connectivity index (χ3n) is 2.85. The van der Waals surface area contributed by atoms with Gasteiger partial charge in [-0.05, 0) is 20.3 Å². The van der Waals surface area contributed by atoms with Crippen LogP contribution in [0.1, 0.15) is 30.8 Å². The van der Waals surface area contributed by atoms with Crippen LogP contribution in [0, 0.1) is 0 Å². The Balaban J connectivity index is 2.49. The number of aliphatic hydroxyl groups excluding tert-OH is 1. The Labute approximate surface area is 112 Å². The van der Waals surface area contributed by atoms with E-state index in [0.717, 1.165) is 19.5 Å². The molecule has 0 aliphatic carbocycles. The Morgan fingerprint density at radius 2 is 2.32 bits per heavy atom. The molecular weight excluding hydrogens is 248 g/mol. The van der Waals surface area contributed by atoms with Gasteiger partial charge >= 0.3 is 0 Å². The summed E-state index contributed by atoms with van der Waals surface area (Å²) in [6.07, 6.45) is 2.31. The van der Waals surface area contributed by atoms with E-state index in [4.69, 9.17) is 10.9 Å². The number of nitrogens with zero attached hydrogens (tertiary/aromatic N) is 4. The largest absolute Gasteiger partial charge is 0.396 e. The summed E-state index contributed by atoms with van der Waals surface area (Å²) in [5.74, 6) is 4.57. The molecule has 0 aromatic carbocycles. The summed E-state index contributed by atoms with van der Waals surface area (Å²) >= 11 is 0. The molecule has 4 N–H and O–H groups in total. The minimum absolute atomic E-state index is 0.188. The molecule has 108 valence electrons. The van der Waals surface area contributed by atoms with Crippen LogP contribution in [0.5, 0.6) is 0 Å². The first kappa shape index (κ1) is 15.5. The Morgan fingerprint density at radius 3 is 2.89 bits per heavy atom. The highest BCUT2D eigenvalue weighted by Gasteiger charge is 2.11. The van der Waals surface area contributed by atoms with Crippen molar-refractivity contribution >= 4 is 5.91 Å². The van der Waals surface area contributed by atoms with Crippen LogP contribution in [0.3, 0.4) is 0 Å². The predicted octanol–water partition coefficient (Wildman–Crippen LogP) is -1.03. The first-order chi connectivity index (χ1) is 9.08. The molecule has 8 heteroatoms. The highest BCUT2D eigenvalue weighted by Crippen LogP contribution is 2.01. The van der Waals surface area contributed by atoms with Crippen molar-refractivity contribution in [3.8, 4) is 0 Å². The molecule has 0 saturated heterocycles. The fourth-order valence-corrected chi connectivity index (χ4v) is 1.72. The number of rotatable bonds is 8. The fraction of sp³-hybridized carbons (Fsp3) is 0.727. The molecule has 0 fully saturated rings. The first-order valence-corrected chi connectivity index (χ1v) is 6.34. The number of nitrogens with one attached hydrogen (secondary N) is 1. The van der Waals surface area contributed by atoms with Crippen LogP contribution in [-0.2, 0) is 6.54 Å². The van der Waals surface area contributed by atoms with Crippen LogP contribution >= 0.6 is 0 Å². The van der Waals surface area contributed by atoms with Crippen molar-refractivity contribution in [1.82, 2.24) is 25.3 Å². The minimum Gasteiger partial charge on any atom is -0.396 e. The average molecular weight is 270 g/mol. The van der Waals surface area contributed by atoms with Gasteiger partial charge in [0.15, 0.2) is 5.69 Å². The van der Waals surface area contributed by atoms with Gasteiger partial charge in [0.1, 0.15) is 0 Å². The summed E-state index contributed by atoms with van der Waals surface area (Å²) in [5, 5.41) is 16.5. The Hall–Kier alpha value is -1.51. The zero-order valence-corrected chi connectivity index (χ0v) is 11.4. The normalized spacial score (nSPS) is 11.3. The Morgan fingerprint density at radius 1 is 1.58 bits per heavy atom. The van der Waals surface area contributed by atoms with Gasteiger partial charge in [0, 0.05) is 25.7 Å². The maximum atomic E-state index is 11.2. The highest BCUT2D eigenvalue weighted by atomic mass is 16.3. The summed E-state index contributed by atoms with van der Waals surface area (Å²) in [6.45, 7) is 6.64. The lowest BCUT2D eigenvalue weighted by molar-refractivity contribution is 0.0948. The van der Waals surface area contributed by atoms with E-state index in [1.165, 1.54) is 0 Å². The van der Waals surface area contributed by atoms with Crippen molar-refractivity contribution in [2.75, 3.05) is 19.7 Å². The topological polar surface area (TPSA) is 109 Å². The van der Waals surface area contributed by atoms with E-state index in [0.29, 0.717) is 12.6 Å². The van der Waals surface area contributed by atoms with Gasteiger partial charge in [0.05, 0.1) is 12.7 Å². The van der Waals surface area contributed by atoms with Crippen molar-refractivity contribution in [3.63, 3.8) is 0 Å². The molecule has 1 aromatic rings. The van der Waals surface area contributed by atoms with Crippen LogP contribution in [0.2, 0.25) is 0 Å². The van der Waals surface area contributed by atoms with E-state index in [2.05, 4.69) is 29.1 Å². The second-order valence-electron chi connectivity index (χ2n) is 4.55. The summed E-state index contributed by atoms with van der Waals surface area (Å²) in [5.41, 5.74) is 2.22. The van der Waals surface area contributed by atoms with Crippen molar-refractivity contribution < 1.29 is 9.90 Å². The quantitative estimate of drug-likeness (QED) is 0.317. The number of amides is 1. The predicted molar refractivity (Wildman–Crippen MR) is 70.1 cm³/mol. The molecule has 0 unspecified atom stereocenters. The zero-order chi connectivity index (χ0) is 14.3. The van der Waals surface area contributed by atoms with Crippen LogP contribution in [0.25, 0.3) is 0 Å². The number of aromatic nitrogens is 3. The number of carbonyl (C=O) groups excluding carboxylic acids is 1. The molecule has 0 aliphatic heterocycles. The second-order valence-corrected chi connectivity index (χ2v) is 4.55. The first-order valence-electron chi connectivity index (χ1n) is 6.34. The molecule has 0 bridgehead atoms. The third kappa shape index (κ3) is 4.93. The monoisotopic (exact) mass is 270 g/mol. The smallest absolute Gasteiger partial charge is 0.287 e. The van der Waals surface area contributed by atoms with Crippen molar-refractivity contribution in [3.05, 3.63) is 11.9 Å². The molecule has 1 heterocycles. The molecule has 0 radical (unpaired) electrons. The SMILES string of the molecule is CC(C)N(CCCO)CCn1cc(C(=O)NN)nn1. The van der Waals surface area contributed by atoms with Gasteiger partial charge in [-0.2, -0.15) is 0 Å². The fourth-order valence-electron chi connectivity index (χ4n) is 1.72. The van der Waals surface area contributed by atoms with Gasteiger partial charge in [-0.25, -0.2) is 5.84 Å². The van der Waals surface area contributed by atoms with Crippen molar-refractivity contribution in [2.24, 2.45) is 5.84 Å². The van der Waals surface area contributed by atoms with Gasteiger partial charge in [-0.3, -0.25) is 19.8 Å². The summed E-state index contributed by atoms with van der Waals surface area (Å²) < 4.78 is 1.61. The lowest BCUT2D eigenvalue weighted by Crippen LogP contribution is -2.35. The number of hydrogen-bond donors (Lipinski definition) is 3. The van der Waals surface area contributed by atoms with Gasteiger partial charge in [0.2, 0.25) is 0 Å². The Kier molecular flexibility index (Phi) is 6.40. The molecule has 8 nitrogen and oxygen atoms in total. The lowest BCUT2D eigenvalue weighted by Gasteiger charge is -2.25. The van der Waals surface area contributed by atoms with E-state index in [-0.39, 0.29) is 12.3 Å². The molecule has 0 spiro atoms. The lowest BCUT2D eigenvalue weighted by atomic mass is 10.3. The van der Waals surface area contributed by atoms with Gasteiger partial charge in [-0.15, -0.1) is 5.10 Å². The van der Waals surface area contributed by atoms with Crippen LogP contribution in [0.15, 0.2) is 6.20 Å². The maximum absolute atomic E-state index is 11.2.